The van der Waals surface area contributed by atoms with Crippen LogP contribution in [-0.4, -0.2) is 58.7 Å². The van der Waals surface area contributed by atoms with Crippen molar-refractivity contribution in [2.75, 3.05) is 5.75 Å². The molecule has 0 radical (unpaired) electrons. The highest BCUT2D eigenvalue weighted by Gasteiger charge is 2.32. The highest BCUT2D eigenvalue weighted by molar-refractivity contribution is 7.80. The summed E-state index contributed by atoms with van der Waals surface area (Å²) >= 11 is 4.16. The van der Waals surface area contributed by atoms with Gasteiger partial charge in [0.1, 0.15) is 18.1 Å². The average molecular weight is 495 g/mol. The first-order valence-electron chi connectivity index (χ1n) is 11.6. The molecule has 0 fully saturated rings. The summed E-state index contributed by atoms with van der Waals surface area (Å²) in [5, 5.41) is 17.3. The number of carboxylic acid groups (broad SMARTS) is 1. The summed E-state index contributed by atoms with van der Waals surface area (Å²) in [4.78, 5) is 50.1. The number of benzene rings is 1. The number of carbonyl (C=O) groups excluding carboxylic acids is 3. The summed E-state index contributed by atoms with van der Waals surface area (Å²) in [6, 6.07) is 4.99. The van der Waals surface area contributed by atoms with Gasteiger partial charge in [0.25, 0.3) is 0 Å². The second kappa shape index (κ2) is 14.6. The van der Waals surface area contributed by atoms with Gasteiger partial charge in [-0.15, -0.1) is 0 Å². The molecule has 0 aliphatic carbocycles. The first-order chi connectivity index (χ1) is 16.0. The molecule has 6 unspecified atom stereocenters. The Morgan fingerprint density at radius 3 is 1.94 bits per heavy atom. The van der Waals surface area contributed by atoms with E-state index in [-0.39, 0.29) is 24.0 Å². The Labute approximate surface area is 207 Å². The summed E-state index contributed by atoms with van der Waals surface area (Å²) in [5.74, 6) is -3.18. The van der Waals surface area contributed by atoms with E-state index >= 15 is 0 Å². The molecule has 6 N–H and O–H groups in total. The van der Waals surface area contributed by atoms with Crippen LogP contribution in [0.2, 0.25) is 0 Å². The lowest BCUT2D eigenvalue weighted by Crippen LogP contribution is -2.59. The van der Waals surface area contributed by atoms with Gasteiger partial charge < -0.3 is 26.8 Å². The molecular weight excluding hydrogens is 456 g/mol. The first kappa shape index (κ1) is 29.4. The number of aliphatic carboxylic acids is 1. The molecule has 6 atom stereocenters. The van der Waals surface area contributed by atoms with E-state index in [9.17, 15) is 24.3 Å². The fraction of sp³-hybridized carbons (Fsp3) is 0.583. The van der Waals surface area contributed by atoms with E-state index < -0.39 is 47.9 Å². The van der Waals surface area contributed by atoms with Crippen molar-refractivity contribution < 1.29 is 24.3 Å². The maximum atomic E-state index is 13.0. The van der Waals surface area contributed by atoms with Gasteiger partial charge in [-0.2, -0.15) is 12.6 Å². The fourth-order valence-electron chi connectivity index (χ4n) is 3.24. The summed E-state index contributed by atoms with van der Waals surface area (Å²) < 4.78 is 0. The second-order valence-corrected chi connectivity index (χ2v) is 8.98. The summed E-state index contributed by atoms with van der Waals surface area (Å²) in [6.07, 6.45) is 1.41. The second-order valence-electron chi connectivity index (χ2n) is 8.62. The Bertz CT molecular complexity index is 823. The molecule has 0 saturated carbocycles. The highest BCUT2D eigenvalue weighted by Crippen LogP contribution is 2.11. The highest BCUT2D eigenvalue weighted by atomic mass is 32.1. The summed E-state index contributed by atoms with van der Waals surface area (Å²) in [6.45, 7) is 7.48. The number of carbonyl (C=O) groups is 4. The predicted octanol–water partition coefficient (Wildman–Crippen LogP) is 1.12. The zero-order valence-corrected chi connectivity index (χ0v) is 21.2. The number of amides is 3. The molecule has 190 valence electrons. The lowest BCUT2D eigenvalue weighted by atomic mass is 9.95. The molecule has 0 heterocycles. The number of rotatable bonds is 14. The monoisotopic (exact) mass is 494 g/mol. The molecule has 1 aromatic carbocycles. The molecule has 10 heteroatoms. The van der Waals surface area contributed by atoms with Gasteiger partial charge in [-0.1, -0.05) is 70.9 Å². The average Bonchev–Trinajstić information content (AvgIpc) is 2.83. The van der Waals surface area contributed by atoms with Crippen molar-refractivity contribution in [3.63, 3.8) is 0 Å². The van der Waals surface area contributed by atoms with Crippen LogP contribution in [0, 0.1) is 11.8 Å². The van der Waals surface area contributed by atoms with Gasteiger partial charge in [-0.05, 0) is 17.4 Å². The fourth-order valence-corrected chi connectivity index (χ4v) is 3.50. The van der Waals surface area contributed by atoms with Crippen LogP contribution in [-0.2, 0) is 25.6 Å². The van der Waals surface area contributed by atoms with E-state index in [0.29, 0.717) is 12.8 Å². The van der Waals surface area contributed by atoms with Crippen molar-refractivity contribution in [1.29, 1.82) is 0 Å². The molecule has 0 aliphatic heterocycles. The minimum absolute atomic E-state index is 0.0528. The lowest BCUT2D eigenvalue weighted by Gasteiger charge is -2.28. The third-order valence-corrected chi connectivity index (χ3v) is 6.43. The van der Waals surface area contributed by atoms with E-state index in [1.807, 2.05) is 33.8 Å². The van der Waals surface area contributed by atoms with Crippen LogP contribution in [0.1, 0.15) is 46.1 Å². The normalized spacial score (nSPS) is 16.3. The zero-order valence-electron chi connectivity index (χ0n) is 20.3. The number of hydrogen-bond acceptors (Lipinski definition) is 6. The molecule has 0 aromatic heterocycles. The van der Waals surface area contributed by atoms with Crippen molar-refractivity contribution in [2.24, 2.45) is 17.6 Å². The number of nitrogens with one attached hydrogen (secondary N) is 3. The standard InChI is InChI=1S/C24H38N4O5S/c1-5-14(3)19(25)22(30)28-20(15(4)6-2)23(31)27-18(13-34)21(29)26-17(24(32)33)12-16-10-8-7-9-11-16/h7-11,14-15,17-20,34H,5-6,12-13,25H2,1-4H3,(H,26,29)(H,27,31)(H,28,30)(H,32,33). The van der Waals surface area contributed by atoms with Crippen molar-refractivity contribution in [3.05, 3.63) is 35.9 Å². The van der Waals surface area contributed by atoms with Crippen molar-refractivity contribution in [3.8, 4) is 0 Å². The van der Waals surface area contributed by atoms with Crippen LogP contribution < -0.4 is 21.7 Å². The van der Waals surface area contributed by atoms with E-state index in [1.165, 1.54) is 0 Å². The lowest BCUT2D eigenvalue weighted by molar-refractivity contribution is -0.142. The molecule has 0 spiro atoms. The third kappa shape index (κ3) is 8.98. The van der Waals surface area contributed by atoms with E-state index in [0.717, 1.165) is 5.56 Å². The Morgan fingerprint density at radius 1 is 0.882 bits per heavy atom. The number of carboxylic acids is 1. The van der Waals surface area contributed by atoms with Crippen LogP contribution in [0.4, 0.5) is 0 Å². The topological polar surface area (TPSA) is 151 Å². The minimum Gasteiger partial charge on any atom is -0.480 e. The molecule has 3 amide bonds. The zero-order chi connectivity index (χ0) is 25.8. The van der Waals surface area contributed by atoms with Gasteiger partial charge in [-0.3, -0.25) is 14.4 Å². The third-order valence-electron chi connectivity index (χ3n) is 6.07. The van der Waals surface area contributed by atoms with Gasteiger partial charge >= 0.3 is 5.97 Å². The van der Waals surface area contributed by atoms with Crippen molar-refractivity contribution >= 4 is 36.3 Å². The minimum atomic E-state index is -1.19. The molecule has 1 rings (SSSR count). The molecular formula is C24H38N4O5S. The maximum absolute atomic E-state index is 13.0. The van der Waals surface area contributed by atoms with E-state index in [1.54, 1.807) is 24.3 Å². The largest absolute Gasteiger partial charge is 0.480 e. The van der Waals surface area contributed by atoms with Crippen LogP contribution >= 0.6 is 12.6 Å². The summed E-state index contributed by atoms with van der Waals surface area (Å²) in [7, 11) is 0. The Kier molecular flexibility index (Phi) is 12.7. The maximum Gasteiger partial charge on any atom is 0.326 e. The van der Waals surface area contributed by atoms with Crippen LogP contribution in [0.5, 0.6) is 0 Å². The number of thiol groups is 1. The molecule has 0 aliphatic rings. The smallest absolute Gasteiger partial charge is 0.326 e. The molecule has 0 bridgehead atoms. The Balaban J connectivity index is 2.90. The van der Waals surface area contributed by atoms with Crippen molar-refractivity contribution in [1.82, 2.24) is 16.0 Å². The van der Waals surface area contributed by atoms with Crippen LogP contribution in [0.15, 0.2) is 30.3 Å². The van der Waals surface area contributed by atoms with Gasteiger partial charge in [0, 0.05) is 12.2 Å². The van der Waals surface area contributed by atoms with Crippen LogP contribution in [0.25, 0.3) is 0 Å². The predicted molar refractivity (Wildman–Crippen MR) is 134 cm³/mol. The SMILES string of the molecule is CCC(C)C(N)C(=O)NC(C(=O)NC(CS)C(=O)NC(Cc1ccccc1)C(=O)O)C(C)CC. The molecule has 1 aromatic rings. The Morgan fingerprint density at radius 2 is 1.44 bits per heavy atom. The van der Waals surface area contributed by atoms with E-state index in [4.69, 9.17) is 5.73 Å². The Hall–Kier alpha value is -2.59. The molecule has 9 nitrogen and oxygen atoms in total. The van der Waals surface area contributed by atoms with Gasteiger partial charge in [-0.25, -0.2) is 4.79 Å². The quantitative estimate of drug-likeness (QED) is 0.213. The van der Waals surface area contributed by atoms with E-state index in [2.05, 4.69) is 28.6 Å². The van der Waals surface area contributed by atoms with Gasteiger partial charge in [0.05, 0.1) is 6.04 Å². The number of nitrogens with two attached hydrogens (primary N) is 1. The molecule has 34 heavy (non-hydrogen) atoms. The molecule has 0 saturated heterocycles. The van der Waals surface area contributed by atoms with Crippen LogP contribution in [0.3, 0.4) is 0 Å². The van der Waals surface area contributed by atoms with Gasteiger partial charge in [0.2, 0.25) is 17.7 Å². The van der Waals surface area contributed by atoms with Gasteiger partial charge in [0.15, 0.2) is 0 Å². The first-order valence-corrected chi connectivity index (χ1v) is 12.2. The summed E-state index contributed by atoms with van der Waals surface area (Å²) in [5.41, 5.74) is 6.76. The van der Waals surface area contributed by atoms with Crippen molar-refractivity contribution in [2.45, 2.75) is 71.1 Å². The number of hydrogen-bond donors (Lipinski definition) is 6.